The molecular weight excluding hydrogens is 476 g/mol. The fourth-order valence-electron chi connectivity index (χ4n) is 5.25. The molecule has 1 unspecified atom stereocenters. The molecule has 9 nitrogen and oxygen atoms in total. The van der Waals surface area contributed by atoms with Gasteiger partial charge in [-0.15, -0.1) is 11.3 Å². The van der Waals surface area contributed by atoms with Crippen LogP contribution in [0.25, 0.3) is 0 Å². The van der Waals surface area contributed by atoms with Gasteiger partial charge < -0.3 is 26.4 Å². The molecule has 3 atom stereocenters. The number of aliphatic hydroxyl groups excluding tert-OH is 1. The molecular formula is C26H36N6O3S. The summed E-state index contributed by atoms with van der Waals surface area (Å²) < 4.78 is 0. The summed E-state index contributed by atoms with van der Waals surface area (Å²) in [7, 11) is 0. The van der Waals surface area contributed by atoms with Gasteiger partial charge in [0.1, 0.15) is 6.04 Å². The summed E-state index contributed by atoms with van der Waals surface area (Å²) in [6.45, 7) is 9.07. The number of anilines is 1. The smallest absolute Gasteiger partial charge is 0.280 e. The molecule has 5 rings (SSSR count). The lowest BCUT2D eigenvalue weighted by Gasteiger charge is -2.39. The van der Waals surface area contributed by atoms with Gasteiger partial charge in [0.2, 0.25) is 5.91 Å². The first kappa shape index (κ1) is 25.1. The van der Waals surface area contributed by atoms with Crippen LogP contribution in [0.15, 0.2) is 18.2 Å². The highest BCUT2D eigenvalue weighted by Crippen LogP contribution is 2.30. The average molecular weight is 513 g/mol. The maximum atomic E-state index is 13.2. The number of fused-ring (bicyclic) bond motifs is 2. The Morgan fingerprint density at radius 2 is 2.11 bits per heavy atom. The third-order valence-corrected chi connectivity index (χ3v) is 8.71. The van der Waals surface area contributed by atoms with Crippen LogP contribution >= 0.6 is 11.3 Å². The lowest BCUT2D eigenvalue weighted by molar-refractivity contribution is -0.122. The summed E-state index contributed by atoms with van der Waals surface area (Å²) in [5, 5.41) is 23.2. The number of nitrogens with one attached hydrogen (secondary N) is 4. The van der Waals surface area contributed by atoms with Crippen molar-refractivity contribution in [1.82, 2.24) is 25.8 Å². The van der Waals surface area contributed by atoms with Gasteiger partial charge in [0.15, 0.2) is 5.01 Å². The zero-order chi connectivity index (χ0) is 25.4. The summed E-state index contributed by atoms with van der Waals surface area (Å²) >= 11 is 1.43. The molecule has 194 valence electrons. The number of benzene rings is 1. The number of hydrogen-bond acceptors (Lipinski definition) is 8. The van der Waals surface area contributed by atoms with Crippen LogP contribution in [0.5, 0.6) is 0 Å². The second-order valence-corrected chi connectivity index (χ2v) is 11.9. The van der Waals surface area contributed by atoms with E-state index in [0.29, 0.717) is 24.5 Å². The van der Waals surface area contributed by atoms with E-state index in [2.05, 4.69) is 44.1 Å². The molecule has 3 aliphatic rings. The van der Waals surface area contributed by atoms with Crippen molar-refractivity contribution in [2.45, 2.75) is 70.2 Å². The number of thiazole rings is 1. The van der Waals surface area contributed by atoms with Crippen molar-refractivity contribution in [3.05, 3.63) is 44.9 Å². The molecule has 1 fully saturated rings. The summed E-state index contributed by atoms with van der Waals surface area (Å²) in [5.41, 5.74) is 4.04. The zero-order valence-electron chi connectivity index (χ0n) is 21.2. The van der Waals surface area contributed by atoms with Crippen LogP contribution in [0.2, 0.25) is 0 Å². The Hall–Kier alpha value is -2.53. The van der Waals surface area contributed by atoms with Gasteiger partial charge in [0, 0.05) is 48.6 Å². The second kappa shape index (κ2) is 10.1. The average Bonchev–Trinajstić information content (AvgIpc) is 3.48. The van der Waals surface area contributed by atoms with E-state index in [0.717, 1.165) is 42.2 Å². The normalized spacial score (nSPS) is 23.9. The van der Waals surface area contributed by atoms with Crippen LogP contribution in [0.3, 0.4) is 0 Å². The number of piperidine rings is 1. The highest BCUT2D eigenvalue weighted by Gasteiger charge is 2.34. The molecule has 1 aromatic heterocycles. The van der Waals surface area contributed by atoms with Gasteiger partial charge in [-0.25, -0.2) is 4.98 Å². The standard InChI is InChI=1S/C26H36N6O3S/c1-15-4-5-17-16(10-15)11-20(28-17)23(34)29-18-6-8-27-12-21(18)30-24(35)25-31-19-7-9-32(13-22(19)36-25)26(2,3)14-33/h4-5,10,18,20-21,27-28,33H,6-9,11-14H2,1-3H3,(H,29,34)(H,30,35)/t18-,20?,21+/m0/s1. The highest BCUT2D eigenvalue weighted by molar-refractivity contribution is 7.13. The Morgan fingerprint density at radius 1 is 1.28 bits per heavy atom. The van der Waals surface area contributed by atoms with Gasteiger partial charge in [-0.2, -0.15) is 0 Å². The van der Waals surface area contributed by atoms with Crippen molar-refractivity contribution >= 4 is 28.8 Å². The van der Waals surface area contributed by atoms with Crippen LogP contribution in [0.1, 0.15) is 51.8 Å². The van der Waals surface area contributed by atoms with Gasteiger partial charge in [-0.3, -0.25) is 14.5 Å². The number of carbonyl (C=O) groups excluding carboxylic acids is 2. The monoisotopic (exact) mass is 512 g/mol. The zero-order valence-corrected chi connectivity index (χ0v) is 22.0. The molecule has 0 bridgehead atoms. The maximum Gasteiger partial charge on any atom is 0.280 e. The molecule has 0 aliphatic carbocycles. The molecule has 3 aliphatic heterocycles. The molecule has 1 saturated heterocycles. The minimum atomic E-state index is -0.308. The number of aromatic nitrogens is 1. The molecule has 4 heterocycles. The number of aliphatic hydroxyl groups is 1. The van der Waals surface area contributed by atoms with Crippen LogP contribution in [0, 0.1) is 6.92 Å². The number of rotatable bonds is 6. The Balaban J connectivity index is 1.21. The lowest BCUT2D eigenvalue weighted by Crippen LogP contribution is -2.61. The molecule has 2 amide bonds. The number of amides is 2. The Kier molecular flexibility index (Phi) is 7.04. The summed E-state index contributed by atoms with van der Waals surface area (Å²) in [6.07, 6.45) is 2.18. The number of aryl methyl sites for hydroxylation is 1. The third-order valence-electron chi connectivity index (χ3n) is 7.63. The highest BCUT2D eigenvalue weighted by atomic mass is 32.1. The second-order valence-electron chi connectivity index (χ2n) is 10.8. The van der Waals surface area contributed by atoms with Crippen LogP contribution in [0.4, 0.5) is 5.69 Å². The molecule has 0 spiro atoms. The SMILES string of the molecule is Cc1ccc2c(c1)CC(C(=O)N[C@H]1CCNC[C@H]1NC(=O)c1nc3c(s1)CN(C(C)(C)CO)CC3)N2. The van der Waals surface area contributed by atoms with E-state index in [9.17, 15) is 14.7 Å². The van der Waals surface area contributed by atoms with Crippen molar-refractivity contribution in [3.8, 4) is 0 Å². The lowest BCUT2D eigenvalue weighted by atomic mass is 9.99. The van der Waals surface area contributed by atoms with Crippen LogP contribution in [-0.2, 0) is 24.2 Å². The van der Waals surface area contributed by atoms with Crippen LogP contribution in [-0.4, -0.2) is 76.7 Å². The van der Waals surface area contributed by atoms with Crippen molar-refractivity contribution in [2.75, 3.05) is 31.6 Å². The molecule has 10 heteroatoms. The predicted octanol–water partition coefficient (Wildman–Crippen LogP) is 1.19. The van der Waals surface area contributed by atoms with Gasteiger partial charge in [0.05, 0.1) is 24.4 Å². The summed E-state index contributed by atoms with van der Waals surface area (Å²) in [5.74, 6) is -0.233. The van der Waals surface area contributed by atoms with Gasteiger partial charge >= 0.3 is 0 Å². The molecule has 5 N–H and O–H groups in total. The summed E-state index contributed by atoms with van der Waals surface area (Å²) in [6, 6.07) is 5.54. The van der Waals surface area contributed by atoms with Crippen molar-refractivity contribution in [3.63, 3.8) is 0 Å². The van der Waals surface area contributed by atoms with E-state index in [1.54, 1.807) is 0 Å². The molecule has 0 saturated carbocycles. The quantitative estimate of drug-likeness (QED) is 0.395. The van der Waals surface area contributed by atoms with E-state index < -0.39 is 0 Å². The first-order valence-electron chi connectivity index (χ1n) is 12.8. The number of carbonyl (C=O) groups is 2. The minimum absolute atomic E-state index is 0.0358. The fourth-order valence-corrected chi connectivity index (χ4v) is 6.28. The number of nitrogens with zero attached hydrogens (tertiary/aromatic N) is 2. The predicted molar refractivity (Wildman–Crippen MR) is 140 cm³/mol. The van der Waals surface area contributed by atoms with Crippen molar-refractivity contribution in [2.24, 2.45) is 0 Å². The van der Waals surface area contributed by atoms with Gasteiger partial charge in [0.25, 0.3) is 5.91 Å². The van der Waals surface area contributed by atoms with Crippen molar-refractivity contribution in [1.29, 1.82) is 0 Å². The maximum absolute atomic E-state index is 13.2. The molecule has 2 aromatic rings. The van der Waals surface area contributed by atoms with E-state index in [4.69, 9.17) is 0 Å². The molecule has 0 radical (unpaired) electrons. The number of hydrogen-bond donors (Lipinski definition) is 5. The van der Waals surface area contributed by atoms with Gasteiger partial charge in [-0.1, -0.05) is 17.7 Å². The Morgan fingerprint density at radius 3 is 2.92 bits per heavy atom. The Bertz CT molecular complexity index is 1150. The fraction of sp³-hybridized carbons (Fsp3) is 0.577. The first-order valence-corrected chi connectivity index (χ1v) is 13.6. The molecule has 1 aromatic carbocycles. The van der Waals surface area contributed by atoms with E-state index in [-0.39, 0.29) is 42.1 Å². The van der Waals surface area contributed by atoms with Gasteiger partial charge in [-0.05, 0) is 45.4 Å². The largest absolute Gasteiger partial charge is 0.394 e. The van der Waals surface area contributed by atoms with E-state index >= 15 is 0 Å². The third kappa shape index (κ3) is 5.13. The van der Waals surface area contributed by atoms with E-state index in [1.165, 1.54) is 22.5 Å². The van der Waals surface area contributed by atoms with E-state index in [1.807, 2.05) is 26.0 Å². The van der Waals surface area contributed by atoms with Crippen LogP contribution < -0.4 is 21.3 Å². The molecule has 36 heavy (non-hydrogen) atoms. The minimum Gasteiger partial charge on any atom is -0.394 e. The van der Waals surface area contributed by atoms with Crippen molar-refractivity contribution < 1.29 is 14.7 Å². The Labute approximate surface area is 216 Å². The first-order chi connectivity index (χ1) is 17.2. The summed E-state index contributed by atoms with van der Waals surface area (Å²) in [4.78, 5) is 34.2. The topological polar surface area (TPSA) is 119 Å².